The van der Waals surface area contributed by atoms with E-state index in [1.165, 1.54) is 16.7 Å². The molecule has 1 heterocycles. The molecule has 0 atom stereocenters. The predicted octanol–water partition coefficient (Wildman–Crippen LogP) is 3.48. The van der Waals surface area contributed by atoms with Gasteiger partial charge in [-0.1, -0.05) is 59.7 Å². The molecule has 0 fully saturated rings. The van der Waals surface area contributed by atoms with Crippen molar-refractivity contribution in [2.75, 3.05) is 0 Å². The van der Waals surface area contributed by atoms with Gasteiger partial charge in [-0.05, 0) is 25.5 Å². The van der Waals surface area contributed by atoms with Gasteiger partial charge in [0.05, 0.1) is 11.0 Å². The first kappa shape index (κ1) is 15.1. The Hall–Kier alpha value is -2.81. The topological polar surface area (TPSA) is 29.1 Å². The normalized spacial score (nSPS) is 11.5. The molecule has 3 rings (SSSR count). The summed E-state index contributed by atoms with van der Waals surface area (Å²) in [5.41, 5.74) is 5.87. The maximum Gasteiger partial charge on any atom is 0.233 e. The first-order chi connectivity index (χ1) is 11.2. The Morgan fingerprint density at radius 3 is 2.17 bits per heavy atom. The van der Waals surface area contributed by atoms with Crippen molar-refractivity contribution in [3.63, 3.8) is 0 Å². The van der Waals surface area contributed by atoms with E-state index in [0.717, 1.165) is 17.7 Å². The fraction of sp³-hybridized carbons (Fsp3) is 0.150. The molecule has 1 aromatic heterocycles. The standard InChI is InChI=1S/C20H20N3/c1-16-5-9-18(10-6-16)15-20(19-11-7-17(2)8-12-19)22-23-14-4-3-13-21-23/h3-14H,15H2,1-2H3/q+1. The lowest BCUT2D eigenvalue weighted by Crippen LogP contribution is -2.33. The summed E-state index contributed by atoms with van der Waals surface area (Å²) >= 11 is 0. The van der Waals surface area contributed by atoms with E-state index >= 15 is 0 Å². The molecule has 3 heteroatoms. The Morgan fingerprint density at radius 1 is 0.913 bits per heavy atom. The van der Waals surface area contributed by atoms with E-state index < -0.39 is 0 Å². The van der Waals surface area contributed by atoms with E-state index in [2.05, 4.69) is 67.5 Å². The van der Waals surface area contributed by atoms with Crippen LogP contribution in [0.2, 0.25) is 0 Å². The second-order valence-corrected chi connectivity index (χ2v) is 5.69. The second-order valence-electron chi connectivity index (χ2n) is 5.69. The van der Waals surface area contributed by atoms with Gasteiger partial charge in [0, 0.05) is 28.3 Å². The third-order valence-corrected chi connectivity index (χ3v) is 3.70. The fourth-order valence-electron chi connectivity index (χ4n) is 2.34. The van der Waals surface area contributed by atoms with Crippen molar-refractivity contribution in [3.8, 4) is 0 Å². The number of hydrogen-bond donors (Lipinski definition) is 0. The maximum atomic E-state index is 4.70. The van der Waals surface area contributed by atoms with Crippen LogP contribution < -0.4 is 4.79 Å². The van der Waals surface area contributed by atoms with Crippen LogP contribution >= 0.6 is 0 Å². The molecule has 0 spiro atoms. The molecule has 0 unspecified atom stereocenters. The van der Waals surface area contributed by atoms with Gasteiger partial charge in [0.15, 0.2) is 0 Å². The number of rotatable bonds is 4. The highest BCUT2D eigenvalue weighted by Crippen LogP contribution is 2.11. The molecular weight excluding hydrogens is 282 g/mol. The van der Waals surface area contributed by atoms with E-state index in [-0.39, 0.29) is 0 Å². The summed E-state index contributed by atoms with van der Waals surface area (Å²) in [5, 5.41) is 8.94. The third-order valence-electron chi connectivity index (χ3n) is 3.70. The van der Waals surface area contributed by atoms with E-state index in [1.807, 2.05) is 18.3 Å². The number of nitrogens with zero attached hydrogens (tertiary/aromatic N) is 3. The highest BCUT2D eigenvalue weighted by molar-refractivity contribution is 6.01. The van der Waals surface area contributed by atoms with Crippen molar-refractivity contribution in [3.05, 3.63) is 95.3 Å². The molecule has 0 saturated heterocycles. The minimum atomic E-state index is 0.771. The summed E-state index contributed by atoms with van der Waals surface area (Å²) in [6.07, 6.45) is 4.36. The van der Waals surface area contributed by atoms with Gasteiger partial charge in [0.25, 0.3) is 0 Å². The summed E-state index contributed by atoms with van der Waals surface area (Å²) in [4.78, 5) is 1.61. The van der Waals surface area contributed by atoms with Gasteiger partial charge in [-0.25, -0.2) is 0 Å². The number of aryl methyl sites for hydroxylation is 2. The molecule has 0 amide bonds. The van der Waals surface area contributed by atoms with Crippen LogP contribution in [-0.2, 0) is 6.42 Å². The summed E-state index contributed by atoms with van der Waals surface area (Å²) in [7, 11) is 0. The van der Waals surface area contributed by atoms with E-state index in [9.17, 15) is 0 Å². The molecule has 3 aromatic rings. The van der Waals surface area contributed by atoms with Crippen LogP contribution in [0.4, 0.5) is 0 Å². The molecule has 0 aliphatic heterocycles. The smallest absolute Gasteiger partial charge is 0.0590 e. The first-order valence-corrected chi connectivity index (χ1v) is 7.74. The lowest BCUT2D eigenvalue weighted by atomic mass is 10.0. The van der Waals surface area contributed by atoms with Crippen LogP contribution in [0.15, 0.2) is 78.2 Å². The van der Waals surface area contributed by atoms with Gasteiger partial charge >= 0.3 is 0 Å². The van der Waals surface area contributed by atoms with Gasteiger partial charge in [-0.3, -0.25) is 0 Å². The molecule has 0 radical (unpaired) electrons. The van der Waals surface area contributed by atoms with Crippen LogP contribution in [0.5, 0.6) is 0 Å². The zero-order chi connectivity index (χ0) is 16.1. The van der Waals surface area contributed by atoms with E-state index in [0.29, 0.717) is 0 Å². The van der Waals surface area contributed by atoms with Crippen LogP contribution in [0.1, 0.15) is 22.3 Å². The van der Waals surface area contributed by atoms with Crippen molar-refractivity contribution in [2.24, 2.45) is 5.10 Å². The van der Waals surface area contributed by atoms with E-state index in [1.54, 1.807) is 11.0 Å². The Labute approximate surface area is 136 Å². The van der Waals surface area contributed by atoms with Crippen molar-refractivity contribution in [1.82, 2.24) is 5.10 Å². The first-order valence-electron chi connectivity index (χ1n) is 7.74. The van der Waals surface area contributed by atoms with Crippen LogP contribution in [-0.4, -0.2) is 10.8 Å². The lowest BCUT2D eigenvalue weighted by molar-refractivity contribution is -0.737. The van der Waals surface area contributed by atoms with Crippen LogP contribution in [0.25, 0.3) is 0 Å². The number of aromatic nitrogens is 2. The third kappa shape index (κ3) is 4.10. The van der Waals surface area contributed by atoms with Crippen LogP contribution in [0, 0.1) is 13.8 Å². The number of benzene rings is 2. The second kappa shape index (κ2) is 6.97. The molecule has 0 bridgehead atoms. The molecule has 23 heavy (non-hydrogen) atoms. The zero-order valence-electron chi connectivity index (χ0n) is 13.5. The molecule has 0 aliphatic rings. The SMILES string of the molecule is Cc1ccc(CC(=N[n+]2ccccn2)c2ccc(C)cc2)cc1. The van der Waals surface area contributed by atoms with Gasteiger partial charge in [0.1, 0.15) is 5.71 Å². The largest absolute Gasteiger partial charge is 0.233 e. The van der Waals surface area contributed by atoms with Gasteiger partial charge < -0.3 is 0 Å². The molecule has 3 nitrogen and oxygen atoms in total. The minimum Gasteiger partial charge on any atom is -0.0590 e. The monoisotopic (exact) mass is 302 g/mol. The van der Waals surface area contributed by atoms with Crippen molar-refractivity contribution in [1.29, 1.82) is 0 Å². The molecule has 0 N–H and O–H groups in total. The summed E-state index contributed by atoms with van der Waals surface area (Å²) in [6.45, 7) is 4.19. The van der Waals surface area contributed by atoms with Crippen molar-refractivity contribution >= 4 is 5.71 Å². The minimum absolute atomic E-state index is 0.771. The maximum absolute atomic E-state index is 4.70. The zero-order valence-corrected chi connectivity index (χ0v) is 13.5. The molecule has 0 aliphatic carbocycles. The Morgan fingerprint density at radius 2 is 1.57 bits per heavy atom. The Bertz CT molecular complexity index is 789. The van der Waals surface area contributed by atoms with Gasteiger partial charge in [0.2, 0.25) is 6.20 Å². The Balaban J connectivity index is 1.97. The molecule has 0 saturated carbocycles. The molecular formula is C20H20N3+. The number of hydrogen-bond acceptors (Lipinski definition) is 2. The average Bonchev–Trinajstić information content (AvgIpc) is 2.58. The van der Waals surface area contributed by atoms with Crippen molar-refractivity contribution < 1.29 is 4.79 Å². The quantitative estimate of drug-likeness (QED) is 0.536. The summed E-state index contributed by atoms with van der Waals surface area (Å²) < 4.78 is 0. The highest BCUT2D eigenvalue weighted by Gasteiger charge is 2.10. The molecule has 114 valence electrons. The fourth-order valence-corrected chi connectivity index (χ4v) is 2.34. The van der Waals surface area contributed by atoms with Gasteiger partial charge in [-0.15, -0.1) is 0 Å². The lowest BCUT2D eigenvalue weighted by Gasteiger charge is -2.05. The summed E-state index contributed by atoms with van der Waals surface area (Å²) in [5.74, 6) is 0. The summed E-state index contributed by atoms with van der Waals surface area (Å²) in [6, 6.07) is 20.9. The Kier molecular flexibility index (Phi) is 4.57. The average molecular weight is 302 g/mol. The van der Waals surface area contributed by atoms with Gasteiger partial charge in [-0.2, -0.15) is 0 Å². The van der Waals surface area contributed by atoms with E-state index in [4.69, 9.17) is 5.10 Å². The predicted molar refractivity (Wildman–Crippen MR) is 92.4 cm³/mol. The van der Waals surface area contributed by atoms with Crippen molar-refractivity contribution in [2.45, 2.75) is 20.3 Å². The van der Waals surface area contributed by atoms with Crippen LogP contribution in [0.3, 0.4) is 0 Å². The molecule has 2 aromatic carbocycles. The highest BCUT2D eigenvalue weighted by atomic mass is 15.5.